The fraction of sp³-hybridized carbons (Fsp3) is 0.455. The van der Waals surface area contributed by atoms with E-state index in [4.69, 9.17) is 0 Å². The molecule has 0 saturated carbocycles. The number of nitrogens with zero attached hydrogens (tertiary/aromatic N) is 3. The van der Waals surface area contributed by atoms with Crippen molar-refractivity contribution in [1.82, 2.24) is 15.1 Å². The molecule has 1 aromatic rings. The molecule has 2 aliphatic heterocycles. The van der Waals surface area contributed by atoms with Crippen LogP contribution < -0.4 is 0 Å². The van der Waals surface area contributed by atoms with Crippen LogP contribution in [0.3, 0.4) is 0 Å². The molecule has 3 rings (SSSR count). The van der Waals surface area contributed by atoms with Crippen LogP contribution in [0.2, 0.25) is 0 Å². The van der Waals surface area contributed by atoms with Gasteiger partial charge in [-0.1, -0.05) is 55.0 Å². The van der Waals surface area contributed by atoms with Crippen molar-refractivity contribution < 1.29 is 14.7 Å². The van der Waals surface area contributed by atoms with Crippen molar-refractivity contribution in [2.24, 2.45) is 0 Å². The zero-order chi connectivity index (χ0) is 16.1. The molecule has 2 aliphatic rings. The van der Waals surface area contributed by atoms with Gasteiger partial charge in [0, 0.05) is 11.5 Å². The molecule has 22 heavy (non-hydrogen) atoms. The average Bonchev–Trinajstić information content (AvgIpc) is 2.89. The highest BCUT2D eigenvalue weighted by Crippen LogP contribution is 2.54. The quantitative estimate of drug-likeness (QED) is 0.398. The number of β-lactam (4-membered cyclic amide) rings is 1. The Morgan fingerprint density at radius 1 is 1.55 bits per heavy atom. The molecule has 11 heteroatoms. The molecule has 1 N–H and O–H groups in total. The number of carboxylic acids is 1. The maximum atomic E-state index is 12.1. The topological polar surface area (TPSA) is 83.4 Å². The number of aromatic nitrogens is 2. The number of hydrogen-bond acceptors (Lipinski definition) is 7. The molecule has 0 bridgehead atoms. The van der Waals surface area contributed by atoms with Crippen LogP contribution in [0.5, 0.6) is 0 Å². The third-order valence-corrected chi connectivity index (χ3v) is 8.73. The highest BCUT2D eigenvalue weighted by atomic mass is 79.9. The van der Waals surface area contributed by atoms with Crippen LogP contribution in [-0.2, 0) is 9.59 Å². The van der Waals surface area contributed by atoms with Gasteiger partial charge in [-0.2, -0.15) is 0 Å². The zero-order valence-electron chi connectivity index (χ0n) is 11.1. The van der Waals surface area contributed by atoms with Crippen LogP contribution in [0, 0.1) is 6.92 Å². The van der Waals surface area contributed by atoms with E-state index in [0.29, 0.717) is 11.5 Å². The molecule has 0 spiro atoms. The minimum Gasteiger partial charge on any atom is -0.477 e. The van der Waals surface area contributed by atoms with Gasteiger partial charge in [-0.15, -0.1) is 22.0 Å². The average molecular weight is 487 g/mol. The van der Waals surface area contributed by atoms with Crippen molar-refractivity contribution >= 4 is 78.6 Å². The number of fused-ring (bicyclic) bond motifs is 1. The molecule has 0 unspecified atom stereocenters. The summed E-state index contributed by atoms with van der Waals surface area (Å²) in [6, 6.07) is 0. The van der Waals surface area contributed by atoms with Gasteiger partial charge < -0.3 is 5.11 Å². The first-order valence-corrected chi connectivity index (χ1v) is 10.5. The number of alkyl halides is 2. The van der Waals surface area contributed by atoms with Gasteiger partial charge in [-0.05, 0) is 12.5 Å². The number of thioether (sulfide) groups is 2. The first kappa shape index (κ1) is 16.7. The summed E-state index contributed by atoms with van der Waals surface area (Å²) >= 11 is 11.1. The number of carbonyl (C=O) groups is 2. The third-order valence-electron chi connectivity index (χ3n) is 3.12. The van der Waals surface area contributed by atoms with Crippen LogP contribution in [0.4, 0.5) is 0 Å². The summed E-state index contributed by atoms with van der Waals surface area (Å²) < 4.78 is -0.0625. The molecule has 3 heterocycles. The first-order chi connectivity index (χ1) is 10.3. The monoisotopic (exact) mass is 485 g/mol. The SMILES string of the molecule is Cc1nnc(SCC2=C(C(=O)O)N3C(=O)C(Br)(Br)[C@H]3SC2)s1. The van der Waals surface area contributed by atoms with Crippen LogP contribution in [0.25, 0.3) is 0 Å². The van der Waals surface area contributed by atoms with Crippen LogP contribution in [0.15, 0.2) is 15.6 Å². The molecular formula is C11H9Br2N3O3S3. The summed E-state index contributed by atoms with van der Waals surface area (Å²) in [7, 11) is 0. The zero-order valence-corrected chi connectivity index (χ0v) is 16.7. The van der Waals surface area contributed by atoms with Crippen LogP contribution in [-0.4, -0.2) is 52.2 Å². The normalized spacial score (nSPS) is 23.3. The molecular weight excluding hydrogens is 478 g/mol. The molecule has 1 amide bonds. The summed E-state index contributed by atoms with van der Waals surface area (Å²) in [6.07, 6.45) is 0. The fourth-order valence-electron chi connectivity index (χ4n) is 2.13. The lowest BCUT2D eigenvalue weighted by Crippen LogP contribution is -2.67. The Morgan fingerprint density at radius 3 is 2.86 bits per heavy atom. The predicted molar refractivity (Wildman–Crippen MR) is 93.7 cm³/mol. The van der Waals surface area contributed by atoms with Gasteiger partial charge in [-0.25, -0.2) is 4.79 Å². The molecule has 1 fully saturated rings. The Balaban J connectivity index is 1.83. The standard InChI is InChI=1S/C11H9Br2N3O3S3/c1-4-14-15-10(22-4)21-3-5-2-20-9-11(12,13)8(19)16(9)6(5)7(17)18/h9H,2-3H2,1H3,(H,17,18)/t9-/m1/s1. The Kier molecular flexibility index (Phi) is 4.63. The second kappa shape index (κ2) is 6.08. The molecule has 0 radical (unpaired) electrons. The molecule has 0 aliphatic carbocycles. The Morgan fingerprint density at radius 2 is 2.27 bits per heavy atom. The second-order valence-corrected chi connectivity index (χ2v) is 11.6. The van der Waals surface area contributed by atoms with E-state index in [2.05, 4.69) is 42.1 Å². The highest BCUT2D eigenvalue weighted by molar-refractivity contribution is 9.26. The van der Waals surface area contributed by atoms with Gasteiger partial charge >= 0.3 is 5.97 Å². The molecule has 6 nitrogen and oxygen atoms in total. The first-order valence-electron chi connectivity index (χ1n) is 6.03. The maximum absolute atomic E-state index is 12.1. The van der Waals surface area contributed by atoms with Crippen LogP contribution >= 0.6 is 66.7 Å². The van der Waals surface area contributed by atoms with Gasteiger partial charge in [0.2, 0.25) is 0 Å². The number of carboxylic acid groups (broad SMARTS) is 1. The number of rotatable bonds is 4. The second-order valence-electron chi connectivity index (χ2n) is 4.59. The lowest BCUT2D eigenvalue weighted by Gasteiger charge is -2.51. The number of carbonyl (C=O) groups excluding carboxylic acids is 1. The highest BCUT2D eigenvalue weighted by Gasteiger charge is 2.62. The summed E-state index contributed by atoms with van der Waals surface area (Å²) in [5, 5.41) is 18.1. The van der Waals surface area contributed by atoms with Crippen molar-refractivity contribution in [2.75, 3.05) is 11.5 Å². The molecule has 1 atom stereocenters. The number of aryl methyl sites for hydroxylation is 1. The van der Waals surface area contributed by atoms with E-state index in [1.54, 1.807) is 0 Å². The van der Waals surface area contributed by atoms with E-state index in [0.717, 1.165) is 14.9 Å². The third kappa shape index (κ3) is 2.74. The fourth-order valence-corrected chi connectivity index (χ4v) is 6.93. The Labute approximate surface area is 155 Å². The summed E-state index contributed by atoms with van der Waals surface area (Å²) in [5.41, 5.74) is 0.826. The molecule has 0 aromatic carbocycles. The van der Waals surface area contributed by atoms with Gasteiger partial charge in [-0.3, -0.25) is 9.69 Å². The van der Waals surface area contributed by atoms with Crippen molar-refractivity contribution in [1.29, 1.82) is 0 Å². The van der Waals surface area contributed by atoms with E-state index in [1.165, 1.54) is 39.8 Å². The number of amides is 1. The van der Waals surface area contributed by atoms with Gasteiger partial charge in [0.25, 0.3) is 5.91 Å². The summed E-state index contributed by atoms with van der Waals surface area (Å²) in [4.78, 5) is 25.1. The molecule has 1 aromatic heterocycles. The number of aliphatic carboxylic acids is 1. The lowest BCUT2D eigenvalue weighted by atomic mass is 10.1. The number of hydrogen-bond donors (Lipinski definition) is 1. The Bertz CT molecular complexity index is 691. The minimum atomic E-state index is -1.07. The number of halogens is 2. The van der Waals surface area contributed by atoms with E-state index < -0.39 is 9.20 Å². The molecule has 1 saturated heterocycles. The maximum Gasteiger partial charge on any atom is 0.352 e. The molecule has 118 valence electrons. The van der Waals surface area contributed by atoms with Crippen molar-refractivity contribution in [3.63, 3.8) is 0 Å². The summed E-state index contributed by atoms with van der Waals surface area (Å²) in [5.74, 6) is -0.300. The van der Waals surface area contributed by atoms with E-state index in [1.807, 2.05) is 6.92 Å². The van der Waals surface area contributed by atoms with Crippen molar-refractivity contribution in [3.8, 4) is 0 Å². The van der Waals surface area contributed by atoms with Gasteiger partial charge in [0.1, 0.15) is 16.1 Å². The summed E-state index contributed by atoms with van der Waals surface area (Å²) in [6.45, 7) is 1.87. The van der Waals surface area contributed by atoms with Crippen molar-refractivity contribution in [3.05, 3.63) is 16.3 Å². The van der Waals surface area contributed by atoms with E-state index in [9.17, 15) is 14.7 Å². The van der Waals surface area contributed by atoms with Gasteiger partial charge in [0.05, 0.1) is 0 Å². The Hall–Kier alpha value is -0.100. The van der Waals surface area contributed by atoms with E-state index >= 15 is 0 Å². The van der Waals surface area contributed by atoms with Crippen molar-refractivity contribution in [2.45, 2.75) is 19.9 Å². The minimum absolute atomic E-state index is 0.0945. The van der Waals surface area contributed by atoms with Crippen LogP contribution in [0.1, 0.15) is 5.01 Å². The van der Waals surface area contributed by atoms with Gasteiger partial charge in [0.15, 0.2) is 7.57 Å². The van der Waals surface area contributed by atoms with E-state index in [-0.39, 0.29) is 17.0 Å². The largest absolute Gasteiger partial charge is 0.477 e. The smallest absolute Gasteiger partial charge is 0.352 e. The predicted octanol–water partition coefficient (Wildman–Crippen LogP) is 2.68. The lowest BCUT2D eigenvalue weighted by molar-refractivity contribution is -0.146.